The summed E-state index contributed by atoms with van der Waals surface area (Å²) >= 11 is 5.56. The van der Waals surface area contributed by atoms with Crippen molar-refractivity contribution in [2.75, 3.05) is 0 Å². The van der Waals surface area contributed by atoms with Crippen LogP contribution in [0.2, 0.25) is 5.02 Å². The highest BCUT2D eigenvalue weighted by molar-refractivity contribution is 6.30. The molecule has 2 nitrogen and oxygen atoms in total. The normalized spacial score (nSPS) is 10.0. The van der Waals surface area contributed by atoms with Gasteiger partial charge in [0.25, 0.3) is 0 Å². The van der Waals surface area contributed by atoms with E-state index in [0.29, 0.717) is 23.3 Å². The van der Waals surface area contributed by atoms with Crippen molar-refractivity contribution in [2.45, 2.75) is 0 Å². The first-order valence-corrected chi connectivity index (χ1v) is 5.25. The smallest absolute Gasteiger partial charge is 0.153 e. The van der Waals surface area contributed by atoms with Gasteiger partial charge in [0.1, 0.15) is 17.3 Å². The molecule has 0 aromatic heterocycles. The zero-order chi connectivity index (χ0) is 12.3. The van der Waals surface area contributed by atoms with E-state index in [4.69, 9.17) is 16.3 Å². The standard InChI is InChI=1S/C13H8ClFO2/c14-11-6-5-10(7-12(11)15)17-13-4-2-1-3-9(13)8-16/h1-8H. The Morgan fingerprint density at radius 3 is 2.65 bits per heavy atom. The summed E-state index contributed by atoms with van der Waals surface area (Å²) in [5.74, 6) is 0.109. The molecule has 86 valence electrons. The Hall–Kier alpha value is -1.87. The minimum absolute atomic E-state index is 0.0287. The van der Waals surface area contributed by atoms with Gasteiger partial charge in [-0.2, -0.15) is 0 Å². The molecular weight excluding hydrogens is 243 g/mol. The molecule has 0 amide bonds. The molecule has 0 aliphatic heterocycles. The number of rotatable bonds is 3. The van der Waals surface area contributed by atoms with Crippen LogP contribution in [-0.2, 0) is 0 Å². The van der Waals surface area contributed by atoms with E-state index < -0.39 is 5.82 Å². The fourth-order valence-corrected chi connectivity index (χ4v) is 1.46. The third kappa shape index (κ3) is 2.63. The van der Waals surface area contributed by atoms with Gasteiger partial charge in [0.2, 0.25) is 0 Å². The molecule has 0 heterocycles. The third-order valence-electron chi connectivity index (χ3n) is 2.16. The minimum Gasteiger partial charge on any atom is -0.457 e. The van der Waals surface area contributed by atoms with E-state index in [1.54, 1.807) is 24.3 Å². The van der Waals surface area contributed by atoms with Gasteiger partial charge in [-0.15, -0.1) is 0 Å². The van der Waals surface area contributed by atoms with Crippen molar-refractivity contribution >= 4 is 17.9 Å². The van der Waals surface area contributed by atoms with Crippen molar-refractivity contribution in [3.05, 3.63) is 58.9 Å². The quantitative estimate of drug-likeness (QED) is 0.767. The number of hydrogen-bond donors (Lipinski definition) is 0. The minimum atomic E-state index is -0.562. The molecular formula is C13H8ClFO2. The van der Waals surface area contributed by atoms with Crippen molar-refractivity contribution in [3.63, 3.8) is 0 Å². The number of hydrogen-bond acceptors (Lipinski definition) is 2. The van der Waals surface area contributed by atoms with Gasteiger partial charge in [0, 0.05) is 6.07 Å². The van der Waals surface area contributed by atoms with Crippen molar-refractivity contribution in [1.29, 1.82) is 0 Å². The SMILES string of the molecule is O=Cc1ccccc1Oc1ccc(Cl)c(F)c1. The van der Waals surface area contributed by atoms with Crippen LogP contribution in [0.4, 0.5) is 4.39 Å². The molecule has 0 radical (unpaired) electrons. The van der Waals surface area contributed by atoms with Crippen molar-refractivity contribution < 1.29 is 13.9 Å². The largest absolute Gasteiger partial charge is 0.457 e. The molecule has 0 aliphatic carbocycles. The monoisotopic (exact) mass is 250 g/mol. The summed E-state index contributed by atoms with van der Waals surface area (Å²) in [6.45, 7) is 0. The van der Waals surface area contributed by atoms with Crippen LogP contribution < -0.4 is 4.74 Å². The Labute approximate surface area is 103 Å². The molecule has 0 saturated heterocycles. The Bertz CT molecular complexity index is 555. The highest BCUT2D eigenvalue weighted by atomic mass is 35.5. The average Bonchev–Trinajstić information content (AvgIpc) is 2.34. The number of ether oxygens (including phenoxy) is 1. The van der Waals surface area contributed by atoms with E-state index in [1.165, 1.54) is 18.2 Å². The van der Waals surface area contributed by atoms with Crippen LogP contribution in [0.25, 0.3) is 0 Å². The lowest BCUT2D eigenvalue weighted by molar-refractivity contribution is 0.112. The topological polar surface area (TPSA) is 26.3 Å². The summed E-state index contributed by atoms with van der Waals surface area (Å²) in [5, 5.41) is 0.0287. The van der Waals surface area contributed by atoms with E-state index in [2.05, 4.69) is 0 Å². The van der Waals surface area contributed by atoms with E-state index in [9.17, 15) is 9.18 Å². The number of para-hydroxylation sites is 1. The number of halogens is 2. The lowest BCUT2D eigenvalue weighted by Crippen LogP contribution is -1.90. The molecule has 2 aromatic carbocycles. The third-order valence-corrected chi connectivity index (χ3v) is 2.47. The Morgan fingerprint density at radius 2 is 1.94 bits per heavy atom. The number of benzene rings is 2. The van der Waals surface area contributed by atoms with Crippen LogP contribution in [0.3, 0.4) is 0 Å². The fraction of sp³-hybridized carbons (Fsp3) is 0. The summed E-state index contributed by atoms with van der Waals surface area (Å²) in [6, 6.07) is 10.8. The first-order valence-electron chi connectivity index (χ1n) is 4.88. The van der Waals surface area contributed by atoms with Gasteiger partial charge in [-0.25, -0.2) is 4.39 Å². The number of carbonyl (C=O) groups is 1. The maximum atomic E-state index is 13.2. The second-order valence-corrected chi connectivity index (χ2v) is 3.74. The summed E-state index contributed by atoms with van der Waals surface area (Å²) in [6.07, 6.45) is 0.682. The molecule has 0 atom stereocenters. The number of carbonyl (C=O) groups excluding carboxylic acids is 1. The van der Waals surface area contributed by atoms with E-state index >= 15 is 0 Å². The predicted molar refractivity (Wildman–Crippen MR) is 63.3 cm³/mol. The van der Waals surface area contributed by atoms with Crippen LogP contribution in [-0.4, -0.2) is 6.29 Å². The summed E-state index contributed by atoms with van der Waals surface area (Å²) in [5.41, 5.74) is 0.405. The van der Waals surface area contributed by atoms with Crippen molar-refractivity contribution in [3.8, 4) is 11.5 Å². The Kier molecular flexibility index (Phi) is 3.40. The Balaban J connectivity index is 2.31. The first-order chi connectivity index (χ1) is 8.20. The molecule has 0 unspecified atom stereocenters. The summed E-state index contributed by atoms with van der Waals surface area (Å²) in [4.78, 5) is 10.8. The predicted octanol–water partition coefficient (Wildman–Crippen LogP) is 4.08. The van der Waals surface area contributed by atoms with Crippen LogP contribution in [0.5, 0.6) is 11.5 Å². The molecule has 17 heavy (non-hydrogen) atoms. The fourth-order valence-electron chi connectivity index (χ4n) is 1.34. The van der Waals surface area contributed by atoms with Crippen LogP contribution >= 0.6 is 11.6 Å². The summed E-state index contributed by atoms with van der Waals surface area (Å²) in [7, 11) is 0. The summed E-state index contributed by atoms with van der Waals surface area (Å²) < 4.78 is 18.6. The zero-order valence-corrected chi connectivity index (χ0v) is 9.45. The van der Waals surface area contributed by atoms with Crippen molar-refractivity contribution in [1.82, 2.24) is 0 Å². The van der Waals surface area contributed by atoms with Crippen LogP contribution in [0.1, 0.15) is 10.4 Å². The van der Waals surface area contributed by atoms with Crippen LogP contribution in [0.15, 0.2) is 42.5 Å². The molecule has 0 saturated carbocycles. The lowest BCUT2D eigenvalue weighted by Gasteiger charge is -2.07. The van der Waals surface area contributed by atoms with Gasteiger partial charge in [-0.1, -0.05) is 23.7 Å². The van der Waals surface area contributed by atoms with Gasteiger partial charge in [-0.3, -0.25) is 4.79 Å². The zero-order valence-electron chi connectivity index (χ0n) is 8.69. The molecule has 0 N–H and O–H groups in total. The highest BCUT2D eigenvalue weighted by Gasteiger charge is 2.05. The molecule has 2 rings (SSSR count). The van der Waals surface area contributed by atoms with Crippen LogP contribution in [0, 0.1) is 5.82 Å². The average molecular weight is 251 g/mol. The molecule has 0 aliphatic rings. The highest BCUT2D eigenvalue weighted by Crippen LogP contribution is 2.27. The van der Waals surface area contributed by atoms with Gasteiger partial charge in [-0.05, 0) is 24.3 Å². The van der Waals surface area contributed by atoms with E-state index in [0.717, 1.165) is 0 Å². The molecule has 2 aromatic rings. The second kappa shape index (κ2) is 4.97. The van der Waals surface area contributed by atoms with Gasteiger partial charge < -0.3 is 4.74 Å². The van der Waals surface area contributed by atoms with Gasteiger partial charge in [0.05, 0.1) is 10.6 Å². The first kappa shape index (κ1) is 11.6. The van der Waals surface area contributed by atoms with E-state index in [-0.39, 0.29) is 5.02 Å². The second-order valence-electron chi connectivity index (χ2n) is 3.33. The van der Waals surface area contributed by atoms with E-state index in [1.807, 2.05) is 0 Å². The van der Waals surface area contributed by atoms with Gasteiger partial charge >= 0.3 is 0 Å². The maximum Gasteiger partial charge on any atom is 0.153 e. The molecule has 0 fully saturated rings. The maximum absolute atomic E-state index is 13.2. The molecule has 0 bridgehead atoms. The van der Waals surface area contributed by atoms with Crippen molar-refractivity contribution in [2.24, 2.45) is 0 Å². The lowest BCUT2D eigenvalue weighted by atomic mass is 10.2. The molecule has 4 heteroatoms. The number of aldehydes is 1. The molecule has 0 spiro atoms. The Morgan fingerprint density at radius 1 is 1.18 bits per heavy atom. The van der Waals surface area contributed by atoms with Gasteiger partial charge in [0.15, 0.2) is 6.29 Å².